The molecule has 5 heteroatoms. The number of para-hydroxylation sites is 1. The highest BCUT2D eigenvalue weighted by molar-refractivity contribution is 6.38. The van der Waals surface area contributed by atoms with Crippen LogP contribution in [-0.2, 0) is 9.59 Å². The molecule has 1 heterocycles. The Bertz CT molecular complexity index is 1250. The molecule has 1 aliphatic heterocycles. The van der Waals surface area contributed by atoms with Crippen molar-refractivity contribution in [1.29, 1.82) is 5.26 Å². The van der Waals surface area contributed by atoms with Gasteiger partial charge in [0, 0.05) is 23.2 Å². The molecule has 154 valence electrons. The Balaban J connectivity index is 1.74. The number of anilines is 2. The van der Waals surface area contributed by atoms with E-state index in [1.165, 1.54) is 0 Å². The fourth-order valence-electron chi connectivity index (χ4n) is 3.87. The molecule has 0 fully saturated rings. The molecule has 4 rings (SSSR count). The van der Waals surface area contributed by atoms with E-state index in [0.29, 0.717) is 23.7 Å². The van der Waals surface area contributed by atoms with E-state index >= 15 is 0 Å². The summed E-state index contributed by atoms with van der Waals surface area (Å²) in [7, 11) is 0. The summed E-state index contributed by atoms with van der Waals surface area (Å²) in [5.41, 5.74) is 1.97. The van der Waals surface area contributed by atoms with Gasteiger partial charge in [-0.1, -0.05) is 68.4 Å². The minimum atomic E-state index is -0.581. The van der Waals surface area contributed by atoms with E-state index in [-0.39, 0.29) is 17.1 Å². The van der Waals surface area contributed by atoms with Crippen LogP contribution in [0.5, 0.6) is 0 Å². The Morgan fingerprint density at radius 1 is 1.03 bits per heavy atom. The number of carbonyl (C=O) groups excluding carboxylic acids is 2. The lowest BCUT2D eigenvalue weighted by Gasteiger charge is -2.18. The van der Waals surface area contributed by atoms with Gasteiger partial charge in [0.05, 0.1) is 11.3 Å². The van der Waals surface area contributed by atoms with Gasteiger partial charge in [0.25, 0.3) is 11.8 Å². The number of nitriles is 1. The fraction of sp³-hybridized carbons (Fsp3) is 0.192. The first-order valence-electron chi connectivity index (χ1n) is 10.4. The van der Waals surface area contributed by atoms with Crippen molar-refractivity contribution in [2.45, 2.75) is 20.3 Å². The van der Waals surface area contributed by atoms with Crippen LogP contribution in [0.25, 0.3) is 16.3 Å². The number of nitrogens with one attached hydrogen (secondary N) is 1. The first-order valence-corrected chi connectivity index (χ1v) is 10.4. The third kappa shape index (κ3) is 3.80. The standard InChI is InChI=1S/C26H23N3O2/c1-17(2)14-15-29-23-13-6-5-11-20(23)24(26(29)31)21(16-27)25(30)28-22-12-7-9-18-8-3-4-10-19(18)22/h3-13,17H,14-15H2,1-2H3,(H,28,30). The number of amides is 2. The summed E-state index contributed by atoms with van der Waals surface area (Å²) >= 11 is 0. The normalized spacial score (nSPS) is 14.5. The van der Waals surface area contributed by atoms with Crippen LogP contribution in [0, 0.1) is 17.2 Å². The number of hydrogen-bond donors (Lipinski definition) is 1. The van der Waals surface area contributed by atoms with Crippen LogP contribution in [0.15, 0.2) is 72.3 Å². The molecule has 0 atom stereocenters. The second-order valence-electron chi connectivity index (χ2n) is 8.00. The summed E-state index contributed by atoms with van der Waals surface area (Å²) in [5, 5.41) is 14.5. The second kappa shape index (κ2) is 8.45. The maximum absolute atomic E-state index is 13.3. The van der Waals surface area contributed by atoms with E-state index in [2.05, 4.69) is 19.2 Å². The zero-order valence-electron chi connectivity index (χ0n) is 17.6. The van der Waals surface area contributed by atoms with Crippen molar-refractivity contribution in [2.75, 3.05) is 16.8 Å². The monoisotopic (exact) mass is 409 g/mol. The van der Waals surface area contributed by atoms with Gasteiger partial charge >= 0.3 is 0 Å². The lowest BCUT2D eigenvalue weighted by molar-refractivity contribution is -0.114. The van der Waals surface area contributed by atoms with E-state index in [4.69, 9.17) is 0 Å². The van der Waals surface area contributed by atoms with Crippen molar-refractivity contribution < 1.29 is 9.59 Å². The van der Waals surface area contributed by atoms with Crippen LogP contribution in [0.4, 0.5) is 11.4 Å². The Hall–Kier alpha value is -3.91. The maximum atomic E-state index is 13.3. The molecular formula is C26H23N3O2. The maximum Gasteiger partial charge on any atom is 0.267 e. The number of fused-ring (bicyclic) bond motifs is 2. The SMILES string of the molecule is CC(C)CCN1C(=O)C(=C(C#N)C(=O)Nc2cccc3ccccc23)c2ccccc21. The van der Waals surface area contributed by atoms with Gasteiger partial charge in [0.15, 0.2) is 0 Å². The summed E-state index contributed by atoms with van der Waals surface area (Å²) < 4.78 is 0. The number of carbonyl (C=O) groups is 2. The van der Waals surface area contributed by atoms with Crippen LogP contribution in [0.1, 0.15) is 25.8 Å². The van der Waals surface area contributed by atoms with E-state index < -0.39 is 5.91 Å². The Morgan fingerprint density at radius 2 is 1.74 bits per heavy atom. The van der Waals surface area contributed by atoms with Gasteiger partial charge in [-0.25, -0.2) is 0 Å². The van der Waals surface area contributed by atoms with Gasteiger partial charge in [-0.05, 0) is 29.9 Å². The van der Waals surface area contributed by atoms with Crippen molar-refractivity contribution in [3.63, 3.8) is 0 Å². The van der Waals surface area contributed by atoms with E-state index in [0.717, 1.165) is 22.9 Å². The van der Waals surface area contributed by atoms with Crippen LogP contribution in [0.3, 0.4) is 0 Å². The molecule has 0 radical (unpaired) electrons. The first kappa shape index (κ1) is 20.4. The van der Waals surface area contributed by atoms with Crippen LogP contribution in [0.2, 0.25) is 0 Å². The first-order chi connectivity index (χ1) is 15.0. The third-order valence-corrected chi connectivity index (χ3v) is 5.48. The zero-order chi connectivity index (χ0) is 22.0. The van der Waals surface area contributed by atoms with Crippen LogP contribution >= 0.6 is 0 Å². The summed E-state index contributed by atoms with van der Waals surface area (Å²) in [5.74, 6) is -0.452. The predicted molar refractivity (Wildman–Crippen MR) is 123 cm³/mol. The molecule has 1 N–H and O–H groups in total. The average molecular weight is 409 g/mol. The highest BCUT2D eigenvalue weighted by Crippen LogP contribution is 2.39. The summed E-state index contributed by atoms with van der Waals surface area (Å²) in [6.07, 6.45) is 0.831. The topological polar surface area (TPSA) is 73.2 Å². The molecule has 2 amide bonds. The minimum absolute atomic E-state index is 0.166. The van der Waals surface area contributed by atoms with Gasteiger partial charge in [0.2, 0.25) is 0 Å². The minimum Gasteiger partial charge on any atom is -0.321 e. The average Bonchev–Trinajstić information content (AvgIpc) is 3.04. The largest absolute Gasteiger partial charge is 0.321 e. The number of rotatable bonds is 5. The zero-order valence-corrected chi connectivity index (χ0v) is 17.6. The molecule has 5 nitrogen and oxygen atoms in total. The summed E-state index contributed by atoms with van der Waals surface area (Å²) in [6.45, 7) is 4.74. The van der Waals surface area contributed by atoms with Crippen molar-refractivity contribution in [2.24, 2.45) is 5.92 Å². The van der Waals surface area contributed by atoms with Gasteiger partial charge in [0.1, 0.15) is 11.6 Å². The van der Waals surface area contributed by atoms with Gasteiger partial charge in [-0.15, -0.1) is 0 Å². The molecule has 0 bridgehead atoms. The molecule has 1 aliphatic rings. The predicted octanol–water partition coefficient (Wildman–Crippen LogP) is 5.15. The van der Waals surface area contributed by atoms with Crippen LogP contribution in [-0.4, -0.2) is 18.4 Å². The van der Waals surface area contributed by atoms with Gasteiger partial charge in [-0.2, -0.15) is 5.26 Å². The van der Waals surface area contributed by atoms with E-state index in [9.17, 15) is 14.9 Å². The van der Waals surface area contributed by atoms with Gasteiger partial charge < -0.3 is 10.2 Å². The molecular weight excluding hydrogens is 386 g/mol. The highest BCUT2D eigenvalue weighted by Gasteiger charge is 2.36. The van der Waals surface area contributed by atoms with Crippen molar-refractivity contribution in [1.82, 2.24) is 0 Å². The molecule has 31 heavy (non-hydrogen) atoms. The second-order valence-corrected chi connectivity index (χ2v) is 8.00. The summed E-state index contributed by atoms with van der Waals surface area (Å²) in [4.78, 5) is 28.1. The molecule has 0 aromatic heterocycles. The Kier molecular flexibility index (Phi) is 5.55. The molecule has 0 aliphatic carbocycles. The molecule has 0 unspecified atom stereocenters. The highest BCUT2D eigenvalue weighted by atomic mass is 16.2. The lowest BCUT2D eigenvalue weighted by Crippen LogP contribution is -2.29. The molecule has 3 aromatic rings. The quantitative estimate of drug-likeness (QED) is 0.468. The number of nitrogens with zero attached hydrogens (tertiary/aromatic N) is 2. The summed E-state index contributed by atoms with van der Waals surface area (Å²) in [6, 6.07) is 22.6. The molecule has 3 aromatic carbocycles. The molecule has 0 saturated carbocycles. The molecule has 0 saturated heterocycles. The van der Waals surface area contributed by atoms with Crippen LogP contribution < -0.4 is 10.2 Å². The Labute approximate surface area is 181 Å². The van der Waals surface area contributed by atoms with Gasteiger partial charge in [-0.3, -0.25) is 9.59 Å². The fourth-order valence-corrected chi connectivity index (χ4v) is 3.87. The van der Waals surface area contributed by atoms with E-state index in [1.807, 2.05) is 60.7 Å². The number of benzene rings is 3. The Morgan fingerprint density at radius 3 is 2.52 bits per heavy atom. The van der Waals surface area contributed by atoms with Crippen molar-refractivity contribution >= 4 is 39.5 Å². The van der Waals surface area contributed by atoms with Crippen molar-refractivity contribution in [3.8, 4) is 6.07 Å². The van der Waals surface area contributed by atoms with Crippen molar-refractivity contribution in [3.05, 3.63) is 77.9 Å². The third-order valence-electron chi connectivity index (χ3n) is 5.48. The smallest absolute Gasteiger partial charge is 0.267 e. The van der Waals surface area contributed by atoms with E-state index in [1.54, 1.807) is 17.0 Å². The molecule has 0 spiro atoms. The number of hydrogen-bond acceptors (Lipinski definition) is 3. The lowest BCUT2D eigenvalue weighted by atomic mass is 10.0.